The lowest BCUT2D eigenvalue weighted by atomic mass is 9.82. The van der Waals surface area contributed by atoms with Crippen molar-refractivity contribution in [1.82, 2.24) is 0 Å². The van der Waals surface area contributed by atoms with E-state index >= 15 is 0 Å². The van der Waals surface area contributed by atoms with Crippen LogP contribution in [-0.4, -0.2) is 5.78 Å². The number of carbonyl (C=O) groups excluding carboxylic acids is 1. The first-order valence-corrected chi connectivity index (χ1v) is 4.68. The average molecular weight is 180 g/mol. The summed E-state index contributed by atoms with van der Waals surface area (Å²) in [7, 11) is 0. The van der Waals surface area contributed by atoms with Crippen LogP contribution in [0.25, 0.3) is 0 Å². The Balaban J connectivity index is 4.08. The lowest BCUT2D eigenvalue weighted by Gasteiger charge is -2.20. The van der Waals surface area contributed by atoms with Crippen LogP contribution >= 0.6 is 0 Å². The fraction of sp³-hybridized carbons (Fsp3) is 0.583. The Morgan fingerprint density at radius 1 is 1.38 bits per heavy atom. The Morgan fingerprint density at radius 2 is 1.92 bits per heavy atom. The number of Topliss-reactive ketones (excluding diaryl/α,β-unsaturated/α-hetero) is 1. The van der Waals surface area contributed by atoms with Gasteiger partial charge in [-0.15, -0.1) is 13.2 Å². The molecule has 0 N–H and O–H groups in total. The molecule has 0 bridgehead atoms. The molecule has 0 heterocycles. The molecular weight excluding hydrogens is 160 g/mol. The van der Waals surface area contributed by atoms with E-state index in [-0.39, 0.29) is 5.41 Å². The molecule has 0 fully saturated rings. The first kappa shape index (κ1) is 12.2. The monoisotopic (exact) mass is 180 g/mol. The van der Waals surface area contributed by atoms with Crippen molar-refractivity contribution in [3.63, 3.8) is 0 Å². The van der Waals surface area contributed by atoms with Gasteiger partial charge in [-0.2, -0.15) is 0 Å². The highest BCUT2D eigenvalue weighted by molar-refractivity contribution is 5.84. The third kappa shape index (κ3) is 4.66. The molecule has 0 saturated heterocycles. The number of allylic oxidation sites excluding steroid dienone is 2. The van der Waals surface area contributed by atoms with Crippen molar-refractivity contribution >= 4 is 5.78 Å². The average Bonchev–Trinajstić information content (AvgIpc) is 1.99. The van der Waals surface area contributed by atoms with Gasteiger partial charge in [-0.1, -0.05) is 25.5 Å². The van der Waals surface area contributed by atoms with Crippen molar-refractivity contribution in [2.75, 3.05) is 0 Å². The lowest BCUT2D eigenvalue weighted by Crippen LogP contribution is -2.23. The van der Waals surface area contributed by atoms with Crippen LogP contribution in [0, 0.1) is 5.41 Å². The zero-order valence-electron chi connectivity index (χ0n) is 9.02. The molecule has 0 atom stereocenters. The van der Waals surface area contributed by atoms with E-state index in [9.17, 15) is 4.79 Å². The summed E-state index contributed by atoms with van der Waals surface area (Å²) in [5.74, 6) is 0.301. The maximum absolute atomic E-state index is 11.7. The van der Waals surface area contributed by atoms with Gasteiger partial charge < -0.3 is 0 Å². The fourth-order valence-corrected chi connectivity index (χ4v) is 1.14. The maximum atomic E-state index is 11.7. The van der Waals surface area contributed by atoms with Crippen molar-refractivity contribution < 1.29 is 4.79 Å². The molecule has 1 nitrogen and oxygen atoms in total. The zero-order valence-corrected chi connectivity index (χ0v) is 9.02. The van der Waals surface area contributed by atoms with Crippen molar-refractivity contribution in [3.05, 3.63) is 24.8 Å². The Bertz CT molecular complexity index is 211. The Kier molecular flexibility index (Phi) is 4.68. The molecule has 0 rings (SSSR count). The molecule has 0 amide bonds. The third-order valence-corrected chi connectivity index (χ3v) is 2.19. The van der Waals surface area contributed by atoms with Crippen LogP contribution in [0.5, 0.6) is 0 Å². The smallest absolute Gasteiger partial charge is 0.139 e. The highest BCUT2D eigenvalue weighted by atomic mass is 16.1. The van der Waals surface area contributed by atoms with E-state index in [2.05, 4.69) is 13.2 Å². The van der Waals surface area contributed by atoms with Crippen molar-refractivity contribution in [1.29, 1.82) is 0 Å². The number of ketones is 1. The predicted molar refractivity (Wildman–Crippen MR) is 57.7 cm³/mol. The number of hydrogen-bond acceptors (Lipinski definition) is 1. The molecule has 0 saturated carbocycles. The van der Waals surface area contributed by atoms with E-state index in [1.54, 1.807) is 6.08 Å². The summed E-state index contributed by atoms with van der Waals surface area (Å²) in [6.07, 6.45) is 3.97. The van der Waals surface area contributed by atoms with Crippen molar-refractivity contribution in [2.45, 2.75) is 40.0 Å². The van der Waals surface area contributed by atoms with Crippen molar-refractivity contribution in [3.8, 4) is 0 Å². The Morgan fingerprint density at radius 3 is 2.31 bits per heavy atom. The van der Waals surface area contributed by atoms with Crippen LogP contribution in [0.4, 0.5) is 0 Å². The summed E-state index contributed by atoms with van der Waals surface area (Å²) in [5.41, 5.74) is 0.819. The second-order valence-electron chi connectivity index (χ2n) is 4.26. The van der Waals surface area contributed by atoms with Crippen LogP contribution in [0.1, 0.15) is 40.0 Å². The minimum atomic E-state index is -0.253. The molecule has 0 aliphatic heterocycles. The van der Waals surface area contributed by atoms with Gasteiger partial charge in [0.15, 0.2) is 0 Å². The summed E-state index contributed by atoms with van der Waals surface area (Å²) in [4.78, 5) is 11.7. The Labute approximate surface area is 81.5 Å². The van der Waals surface area contributed by atoms with Gasteiger partial charge in [0.05, 0.1) is 0 Å². The third-order valence-electron chi connectivity index (χ3n) is 2.19. The SMILES string of the molecule is C=CCC(C)(C)C(=O)CCC(=C)C. The number of hydrogen-bond donors (Lipinski definition) is 0. The standard InChI is InChI=1S/C12H20O/c1-6-9-12(4,5)11(13)8-7-10(2)3/h6H,1-2,7-9H2,3-5H3. The Hall–Kier alpha value is -0.850. The quantitative estimate of drug-likeness (QED) is 0.572. The zero-order chi connectivity index (χ0) is 10.5. The van der Waals surface area contributed by atoms with Gasteiger partial charge in [0.1, 0.15) is 5.78 Å². The van der Waals surface area contributed by atoms with Gasteiger partial charge >= 0.3 is 0 Å². The predicted octanol–water partition coefficient (Wildman–Crippen LogP) is 3.51. The summed E-state index contributed by atoms with van der Waals surface area (Å²) in [6.45, 7) is 13.3. The summed E-state index contributed by atoms with van der Waals surface area (Å²) in [6, 6.07) is 0. The molecule has 0 aromatic carbocycles. The first-order chi connectivity index (χ1) is 5.90. The van der Waals surface area contributed by atoms with Gasteiger partial charge in [-0.3, -0.25) is 4.79 Å². The normalized spacial score (nSPS) is 11.0. The second kappa shape index (κ2) is 5.00. The van der Waals surface area contributed by atoms with E-state index in [0.29, 0.717) is 12.2 Å². The molecule has 13 heavy (non-hydrogen) atoms. The molecule has 1 heteroatoms. The van der Waals surface area contributed by atoms with Crippen LogP contribution < -0.4 is 0 Å². The van der Waals surface area contributed by atoms with Crippen LogP contribution in [-0.2, 0) is 4.79 Å². The lowest BCUT2D eigenvalue weighted by molar-refractivity contribution is -0.126. The molecule has 0 aromatic heterocycles. The molecule has 0 aliphatic carbocycles. The van der Waals surface area contributed by atoms with Crippen LogP contribution in [0.15, 0.2) is 24.8 Å². The molecule has 0 spiro atoms. The summed E-state index contributed by atoms with van der Waals surface area (Å²) < 4.78 is 0. The van der Waals surface area contributed by atoms with Gasteiger partial charge in [-0.05, 0) is 19.8 Å². The largest absolute Gasteiger partial charge is 0.299 e. The molecule has 74 valence electrons. The summed E-state index contributed by atoms with van der Waals surface area (Å²) in [5, 5.41) is 0. The van der Waals surface area contributed by atoms with E-state index < -0.39 is 0 Å². The second-order valence-corrected chi connectivity index (χ2v) is 4.26. The number of rotatable bonds is 6. The topological polar surface area (TPSA) is 17.1 Å². The minimum Gasteiger partial charge on any atom is -0.299 e. The van der Waals surface area contributed by atoms with Crippen LogP contribution in [0.3, 0.4) is 0 Å². The molecule has 0 unspecified atom stereocenters. The molecular formula is C12H20O. The molecule has 0 radical (unpaired) electrons. The molecule has 0 aromatic rings. The minimum absolute atomic E-state index is 0.253. The highest BCUT2D eigenvalue weighted by Crippen LogP contribution is 2.24. The van der Waals surface area contributed by atoms with Gasteiger partial charge in [0.2, 0.25) is 0 Å². The molecule has 0 aliphatic rings. The summed E-state index contributed by atoms with van der Waals surface area (Å²) >= 11 is 0. The maximum Gasteiger partial charge on any atom is 0.139 e. The number of carbonyl (C=O) groups is 1. The van der Waals surface area contributed by atoms with Crippen LogP contribution in [0.2, 0.25) is 0 Å². The first-order valence-electron chi connectivity index (χ1n) is 4.68. The van der Waals surface area contributed by atoms with E-state index in [0.717, 1.165) is 18.4 Å². The van der Waals surface area contributed by atoms with E-state index in [1.807, 2.05) is 20.8 Å². The highest BCUT2D eigenvalue weighted by Gasteiger charge is 2.24. The van der Waals surface area contributed by atoms with Gasteiger partial charge in [0.25, 0.3) is 0 Å². The van der Waals surface area contributed by atoms with E-state index in [1.165, 1.54) is 0 Å². The van der Waals surface area contributed by atoms with E-state index in [4.69, 9.17) is 0 Å². The van der Waals surface area contributed by atoms with Gasteiger partial charge in [0, 0.05) is 11.8 Å². The van der Waals surface area contributed by atoms with Gasteiger partial charge in [-0.25, -0.2) is 0 Å². The fourth-order valence-electron chi connectivity index (χ4n) is 1.14. The van der Waals surface area contributed by atoms with Crippen molar-refractivity contribution in [2.24, 2.45) is 5.41 Å².